The summed E-state index contributed by atoms with van der Waals surface area (Å²) in [5.41, 5.74) is 1.20. The lowest BCUT2D eigenvalue weighted by Gasteiger charge is -2.26. The molecule has 28 heavy (non-hydrogen) atoms. The maximum Gasteiger partial charge on any atom is 0.226 e. The Morgan fingerprint density at radius 3 is 2.57 bits per heavy atom. The monoisotopic (exact) mass is 400 g/mol. The molecule has 0 spiro atoms. The van der Waals surface area contributed by atoms with Crippen LogP contribution in [0.15, 0.2) is 24.3 Å². The van der Waals surface area contributed by atoms with Gasteiger partial charge in [-0.05, 0) is 43.0 Å². The maximum atomic E-state index is 12.3. The molecule has 6 nitrogen and oxygen atoms in total. The van der Waals surface area contributed by atoms with Gasteiger partial charge in [0.1, 0.15) is 5.75 Å². The lowest BCUT2D eigenvalue weighted by Crippen LogP contribution is -2.26. The van der Waals surface area contributed by atoms with E-state index in [9.17, 15) is 14.4 Å². The van der Waals surface area contributed by atoms with Crippen LogP contribution < -0.4 is 10.1 Å². The van der Waals surface area contributed by atoms with Crippen molar-refractivity contribution in [2.75, 3.05) is 11.9 Å². The lowest BCUT2D eigenvalue weighted by atomic mass is 9.78. The van der Waals surface area contributed by atoms with Crippen LogP contribution in [0, 0.1) is 5.41 Å². The summed E-state index contributed by atoms with van der Waals surface area (Å²) in [7, 11) is 0. The Morgan fingerprint density at radius 2 is 1.89 bits per heavy atom. The van der Waals surface area contributed by atoms with Gasteiger partial charge in [0.15, 0.2) is 16.7 Å². The van der Waals surface area contributed by atoms with Crippen LogP contribution in [0.25, 0.3) is 0 Å². The molecule has 3 rings (SSSR count). The minimum Gasteiger partial charge on any atom is -0.494 e. The molecule has 0 unspecified atom stereocenters. The van der Waals surface area contributed by atoms with Crippen LogP contribution in [0.4, 0.5) is 5.13 Å². The smallest absolute Gasteiger partial charge is 0.226 e. The summed E-state index contributed by atoms with van der Waals surface area (Å²) in [6.45, 7) is 6.54. The largest absolute Gasteiger partial charge is 0.494 e. The molecule has 0 atom stereocenters. The zero-order valence-electron chi connectivity index (χ0n) is 16.3. The average Bonchev–Trinajstić information content (AvgIpc) is 3.02. The third-order valence-electron chi connectivity index (χ3n) is 4.55. The van der Waals surface area contributed by atoms with Crippen molar-refractivity contribution in [2.24, 2.45) is 5.41 Å². The summed E-state index contributed by atoms with van der Waals surface area (Å²) >= 11 is 1.22. The number of amides is 1. The van der Waals surface area contributed by atoms with Crippen LogP contribution in [0.2, 0.25) is 0 Å². The number of aromatic nitrogens is 1. The molecule has 1 heterocycles. The first-order valence-electron chi connectivity index (χ1n) is 9.36. The number of carbonyl (C=O) groups is 3. The van der Waals surface area contributed by atoms with Gasteiger partial charge in [-0.15, -0.1) is 0 Å². The van der Waals surface area contributed by atoms with Gasteiger partial charge in [0.05, 0.1) is 17.2 Å². The SMILES string of the molecule is CCOc1ccc(C(=O)CCC(=O)Nc2nc3c(s2)C(=O)CC(C)(C)C3)cc1. The molecule has 148 valence electrons. The molecule has 1 N–H and O–H groups in total. The molecule has 1 aromatic carbocycles. The molecule has 0 aliphatic heterocycles. The van der Waals surface area contributed by atoms with E-state index in [0.29, 0.717) is 34.3 Å². The number of Topliss-reactive ketones (excluding diaryl/α,β-unsaturated/α-hetero) is 2. The Hall–Kier alpha value is -2.54. The Morgan fingerprint density at radius 1 is 1.18 bits per heavy atom. The highest BCUT2D eigenvalue weighted by atomic mass is 32.1. The molecular weight excluding hydrogens is 376 g/mol. The fourth-order valence-corrected chi connectivity index (χ4v) is 4.17. The molecule has 1 aromatic heterocycles. The Labute approximate surface area is 168 Å². The highest BCUT2D eigenvalue weighted by Crippen LogP contribution is 2.38. The van der Waals surface area contributed by atoms with Gasteiger partial charge in [-0.2, -0.15) is 0 Å². The van der Waals surface area contributed by atoms with Crippen molar-refractivity contribution in [3.8, 4) is 5.75 Å². The molecule has 0 saturated carbocycles. The van der Waals surface area contributed by atoms with Crippen LogP contribution in [-0.2, 0) is 11.2 Å². The van der Waals surface area contributed by atoms with E-state index in [1.165, 1.54) is 11.3 Å². The molecule has 1 aliphatic rings. The van der Waals surface area contributed by atoms with Crippen molar-refractivity contribution < 1.29 is 19.1 Å². The Bertz CT molecular complexity index is 900. The molecule has 7 heteroatoms. The number of rotatable bonds is 7. The molecule has 0 radical (unpaired) electrons. The third-order valence-corrected chi connectivity index (χ3v) is 5.60. The molecule has 0 saturated heterocycles. The van der Waals surface area contributed by atoms with Gasteiger partial charge in [0.2, 0.25) is 5.91 Å². The van der Waals surface area contributed by atoms with E-state index in [2.05, 4.69) is 10.3 Å². The number of fused-ring (bicyclic) bond motifs is 1. The van der Waals surface area contributed by atoms with Crippen LogP contribution in [0.1, 0.15) is 65.8 Å². The number of nitrogens with one attached hydrogen (secondary N) is 1. The number of hydrogen-bond donors (Lipinski definition) is 1. The van der Waals surface area contributed by atoms with Crippen LogP contribution in [-0.4, -0.2) is 29.1 Å². The number of anilines is 1. The van der Waals surface area contributed by atoms with E-state index in [-0.39, 0.29) is 35.7 Å². The van der Waals surface area contributed by atoms with Crippen molar-refractivity contribution in [1.82, 2.24) is 4.98 Å². The zero-order valence-corrected chi connectivity index (χ0v) is 17.1. The number of carbonyl (C=O) groups excluding carboxylic acids is 3. The lowest BCUT2D eigenvalue weighted by molar-refractivity contribution is -0.116. The summed E-state index contributed by atoms with van der Waals surface area (Å²) < 4.78 is 5.35. The summed E-state index contributed by atoms with van der Waals surface area (Å²) in [5.74, 6) is 0.405. The standard InChI is InChI=1S/C21H24N2O4S/c1-4-27-14-7-5-13(6-8-14)16(24)9-10-18(26)23-20-22-15-11-21(2,3)12-17(25)19(15)28-20/h5-8H,4,9-12H2,1-3H3,(H,22,23,26). The van der Waals surface area contributed by atoms with Gasteiger partial charge in [-0.25, -0.2) is 4.98 Å². The van der Waals surface area contributed by atoms with E-state index < -0.39 is 0 Å². The first kappa shape index (κ1) is 20.2. The van der Waals surface area contributed by atoms with Gasteiger partial charge >= 0.3 is 0 Å². The summed E-state index contributed by atoms with van der Waals surface area (Å²) in [6.07, 6.45) is 1.38. The second-order valence-electron chi connectivity index (χ2n) is 7.66. The summed E-state index contributed by atoms with van der Waals surface area (Å²) in [6, 6.07) is 6.89. The van der Waals surface area contributed by atoms with Crippen molar-refractivity contribution in [1.29, 1.82) is 0 Å². The second-order valence-corrected chi connectivity index (χ2v) is 8.66. The second kappa shape index (κ2) is 8.22. The first-order chi connectivity index (χ1) is 13.3. The molecule has 0 bridgehead atoms. The quantitative estimate of drug-likeness (QED) is 0.701. The molecule has 0 fully saturated rings. The third kappa shape index (κ3) is 4.84. The zero-order chi connectivity index (χ0) is 20.3. The number of benzene rings is 1. The van der Waals surface area contributed by atoms with Crippen LogP contribution in [0.3, 0.4) is 0 Å². The van der Waals surface area contributed by atoms with E-state index in [4.69, 9.17) is 4.74 Å². The van der Waals surface area contributed by atoms with E-state index in [1.54, 1.807) is 24.3 Å². The Kier molecular flexibility index (Phi) is 5.93. The molecule has 1 amide bonds. The highest BCUT2D eigenvalue weighted by Gasteiger charge is 2.34. The maximum absolute atomic E-state index is 12.3. The number of ketones is 2. The predicted molar refractivity (Wildman–Crippen MR) is 108 cm³/mol. The van der Waals surface area contributed by atoms with Crippen molar-refractivity contribution in [2.45, 2.75) is 46.5 Å². The molecule has 2 aromatic rings. The summed E-state index contributed by atoms with van der Waals surface area (Å²) in [4.78, 5) is 41.8. The number of ether oxygens (including phenoxy) is 1. The van der Waals surface area contributed by atoms with Gasteiger partial charge in [0.25, 0.3) is 0 Å². The molecular formula is C21H24N2O4S. The van der Waals surface area contributed by atoms with Crippen molar-refractivity contribution in [3.63, 3.8) is 0 Å². The fourth-order valence-electron chi connectivity index (χ4n) is 3.23. The van der Waals surface area contributed by atoms with Crippen molar-refractivity contribution >= 4 is 33.9 Å². The average molecular weight is 401 g/mol. The van der Waals surface area contributed by atoms with Gasteiger partial charge in [-0.1, -0.05) is 25.2 Å². The van der Waals surface area contributed by atoms with Crippen LogP contribution in [0.5, 0.6) is 5.75 Å². The van der Waals surface area contributed by atoms with Crippen LogP contribution >= 0.6 is 11.3 Å². The highest BCUT2D eigenvalue weighted by molar-refractivity contribution is 7.17. The fraction of sp³-hybridized carbons (Fsp3) is 0.429. The van der Waals surface area contributed by atoms with E-state index in [0.717, 1.165) is 12.1 Å². The number of thiazole rings is 1. The number of hydrogen-bond acceptors (Lipinski definition) is 6. The molecule has 1 aliphatic carbocycles. The minimum atomic E-state index is -0.280. The number of nitrogens with zero attached hydrogens (tertiary/aromatic N) is 1. The topological polar surface area (TPSA) is 85.4 Å². The van der Waals surface area contributed by atoms with Gasteiger partial charge < -0.3 is 10.1 Å². The van der Waals surface area contributed by atoms with Gasteiger partial charge in [-0.3, -0.25) is 14.4 Å². The van der Waals surface area contributed by atoms with E-state index >= 15 is 0 Å². The van der Waals surface area contributed by atoms with E-state index in [1.807, 2.05) is 20.8 Å². The first-order valence-corrected chi connectivity index (χ1v) is 10.2. The minimum absolute atomic E-state index is 0.0652. The normalized spacial score (nSPS) is 15.0. The van der Waals surface area contributed by atoms with Gasteiger partial charge in [0, 0.05) is 24.8 Å². The van der Waals surface area contributed by atoms with Crippen molar-refractivity contribution in [3.05, 3.63) is 40.4 Å². The predicted octanol–water partition coefficient (Wildman–Crippen LogP) is 4.30. The Balaban J connectivity index is 1.55. The summed E-state index contributed by atoms with van der Waals surface area (Å²) in [5, 5.41) is 3.15.